The summed E-state index contributed by atoms with van der Waals surface area (Å²) in [6.07, 6.45) is 0.490. The van der Waals surface area contributed by atoms with Crippen molar-refractivity contribution in [2.75, 3.05) is 25.2 Å². The number of nitrogens with zero attached hydrogens (tertiary/aromatic N) is 3. The Labute approximate surface area is 159 Å². The fourth-order valence-electron chi connectivity index (χ4n) is 4.04. The van der Waals surface area contributed by atoms with Crippen molar-refractivity contribution in [2.45, 2.75) is 32.7 Å². The number of imidazole rings is 1. The largest absolute Gasteiger partial charge is 0.383 e. The first-order valence-corrected chi connectivity index (χ1v) is 9.40. The van der Waals surface area contributed by atoms with Crippen molar-refractivity contribution in [3.63, 3.8) is 0 Å². The van der Waals surface area contributed by atoms with Crippen LogP contribution in [0, 0.1) is 13.8 Å². The number of methoxy groups -OCH3 is 1. The molecular weight excluding hydrogens is 338 g/mol. The minimum absolute atomic E-state index is 0.0856. The molecule has 2 aromatic carbocycles. The van der Waals surface area contributed by atoms with Crippen molar-refractivity contribution < 1.29 is 9.53 Å². The van der Waals surface area contributed by atoms with Crippen molar-refractivity contribution in [3.05, 3.63) is 59.4 Å². The maximum atomic E-state index is 12.8. The lowest BCUT2D eigenvalue weighted by atomic mass is 10.1. The van der Waals surface area contributed by atoms with E-state index in [1.54, 1.807) is 7.11 Å². The summed E-state index contributed by atoms with van der Waals surface area (Å²) in [6, 6.07) is 14.4. The van der Waals surface area contributed by atoms with E-state index in [0.29, 0.717) is 19.6 Å². The summed E-state index contributed by atoms with van der Waals surface area (Å²) in [5.41, 5.74) is 5.42. The Balaban J connectivity index is 1.69. The number of anilines is 1. The minimum atomic E-state index is 0.0856. The van der Waals surface area contributed by atoms with E-state index in [4.69, 9.17) is 9.72 Å². The highest BCUT2D eigenvalue weighted by Crippen LogP contribution is 2.34. The van der Waals surface area contributed by atoms with Crippen LogP contribution in [0.3, 0.4) is 0 Å². The van der Waals surface area contributed by atoms with Gasteiger partial charge < -0.3 is 14.2 Å². The molecule has 140 valence electrons. The van der Waals surface area contributed by atoms with Crippen LogP contribution in [0.25, 0.3) is 11.0 Å². The Bertz CT molecular complexity index is 992. The summed E-state index contributed by atoms with van der Waals surface area (Å²) in [5, 5.41) is 0. The number of carbonyl (C=O) groups excluding carboxylic acids is 1. The van der Waals surface area contributed by atoms with Crippen LogP contribution in [0.2, 0.25) is 0 Å². The van der Waals surface area contributed by atoms with E-state index in [-0.39, 0.29) is 11.8 Å². The predicted molar refractivity (Wildman–Crippen MR) is 107 cm³/mol. The van der Waals surface area contributed by atoms with Crippen LogP contribution < -0.4 is 4.90 Å². The molecule has 1 aromatic heterocycles. The number of ether oxygens (including phenoxy) is 1. The number of para-hydroxylation sites is 2. The lowest BCUT2D eigenvalue weighted by molar-refractivity contribution is -0.117. The third-order valence-electron chi connectivity index (χ3n) is 5.34. The van der Waals surface area contributed by atoms with E-state index in [1.807, 2.05) is 23.1 Å². The van der Waals surface area contributed by atoms with Crippen LogP contribution in [0.15, 0.2) is 42.5 Å². The van der Waals surface area contributed by atoms with Crippen molar-refractivity contribution in [1.29, 1.82) is 0 Å². The van der Waals surface area contributed by atoms with Gasteiger partial charge in [-0.1, -0.05) is 29.8 Å². The normalized spacial score (nSPS) is 17.2. The van der Waals surface area contributed by atoms with Crippen LogP contribution in [0.4, 0.5) is 5.69 Å². The Kier molecular flexibility index (Phi) is 4.70. The van der Waals surface area contributed by atoms with E-state index < -0.39 is 0 Å². The van der Waals surface area contributed by atoms with Gasteiger partial charge in [-0.15, -0.1) is 0 Å². The SMILES string of the molecule is COCCn1c([C@@H]2CC(=O)N(c3ccc(C)cc3C)C2)nc2ccccc21. The molecule has 1 aliphatic rings. The Morgan fingerprint density at radius 3 is 2.78 bits per heavy atom. The molecule has 4 rings (SSSR count). The van der Waals surface area contributed by atoms with Gasteiger partial charge in [-0.3, -0.25) is 4.79 Å². The topological polar surface area (TPSA) is 47.4 Å². The monoisotopic (exact) mass is 363 g/mol. The zero-order chi connectivity index (χ0) is 19.0. The van der Waals surface area contributed by atoms with Gasteiger partial charge in [0.05, 0.1) is 17.6 Å². The summed E-state index contributed by atoms with van der Waals surface area (Å²) in [7, 11) is 1.71. The van der Waals surface area contributed by atoms with Crippen molar-refractivity contribution in [1.82, 2.24) is 9.55 Å². The third kappa shape index (κ3) is 3.23. The van der Waals surface area contributed by atoms with Crippen molar-refractivity contribution in [2.24, 2.45) is 0 Å². The van der Waals surface area contributed by atoms with Gasteiger partial charge in [-0.05, 0) is 37.6 Å². The van der Waals surface area contributed by atoms with Crippen molar-refractivity contribution in [3.8, 4) is 0 Å². The third-order valence-corrected chi connectivity index (χ3v) is 5.34. The van der Waals surface area contributed by atoms with E-state index >= 15 is 0 Å². The molecule has 0 spiro atoms. The van der Waals surface area contributed by atoms with Crippen LogP contribution >= 0.6 is 0 Å². The molecule has 1 saturated heterocycles. The molecule has 5 nitrogen and oxygen atoms in total. The molecule has 3 aromatic rings. The number of aryl methyl sites for hydroxylation is 2. The standard InChI is InChI=1S/C22H25N3O2/c1-15-8-9-19(16(2)12-15)25-14-17(13-21(25)26)22-23-18-6-4-5-7-20(18)24(22)10-11-27-3/h4-9,12,17H,10-11,13-14H2,1-3H3/t17-/m1/s1. The van der Waals surface area contributed by atoms with E-state index in [2.05, 4.69) is 42.7 Å². The maximum absolute atomic E-state index is 12.8. The second-order valence-corrected chi connectivity index (χ2v) is 7.30. The summed E-state index contributed by atoms with van der Waals surface area (Å²) in [6.45, 7) is 6.16. The van der Waals surface area contributed by atoms with Gasteiger partial charge in [0.15, 0.2) is 0 Å². The smallest absolute Gasteiger partial charge is 0.227 e. The number of hydrogen-bond acceptors (Lipinski definition) is 3. The molecule has 27 heavy (non-hydrogen) atoms. The van der Waals surface area contributed by atoms with Crippen molar-refractivity contribution >= 4 is 22.6 Å². The number of benzene rings is 2. The molecule has 0 bridgehead atoms. The Morgan fingerprint density at radius 1 is 1.19 bits per heavy atom. The Hall–Kier alpha value is -2.66. The quantitative estimate of drug-likeness (QED) is 0.692. The molecule has 0 saturated carbocycles. The molecule has 0 aliphatic carbocycles. The first-order valence-electron chi connectivity index (χ1n) is 9.40. The fourth-order valence-corrected chi connectivity index (χ4v) is 4.04. The van der Waals surface area contributed by atoms with E-state index in [1.165, 1.54) is 5.56 Å². The second kappa shape index (κ2) is 7.16. The fraction of sp³-hybridized carbons (Fsp3) is 0.364. The number of carbonyl (C=O) groups is 1. The molecule has 1 fully saturated rings. The molecule has 1 atom stereocenters. The molecule has 0 N–H and O–H groups in total. The maximum Gasteiger partial charge on any atom is 0.227 e. The van der Waals surface area contributed by atoms with Gasteiger partial charge in [-0.2, -0.15) is 0 Å². The number of fused-ring (bicyclic) bond motifs is 1. The molecule has 1 amide bonds. The van der Waals surface area contributed by atoms with E-state index in [9.17, 15) is 4.79 Å². The average molecular weight is 363 g/mol. The summed E-state index contributed by atoms with van der Waals surface area (Å²) >= 11 is 0. The number of rotatable bonds is 5. The van der Waals surface area contributed by atoms with Gasteiger partial charge in [0, 0.05) is 38.2 Å². The van der Waals surface area contributed by atoms with Gasteiger partial charge in [0.1, 0.15) is 5.82 Å². The number of aromatic nitrogens is 2. The zero-order valence-electron chi connectivity index (χ0n) is 16.1. The predicted octanol–water partition coefficient (Wildman–Crippen LogP) is 3.82. The summed E-state index contributed by atoms with van der Waals surface area (Å²) < 4.78 is 7.50. The molecular formula is C22H25N3O2. The lowest BCUT2D eigenvalue weighted by Gasteiger charge is -2.20. The highest BCUT2D eigenvalue weighted by atomic mass is 16.5. The first kappa shape index (κ1) is 17.7. The number of amides is 1. The summed E-state index contributed by atoms with van der Waals surface area (Å²) in [5.74, 6) is 1.23. The highest BCUT2D eigenvalue weighted by molar-refractivity contribution is 5.97. The molecule has 5 heteroatoms. The zero-order valence-corrected chi connectivity index (χ0v) is 16.1. The molecule has 0 radical (unpaired) electrons. The lowest BCUT2D eigenvalue weighted by Crippen LogP contribution is -2.25. The first-order chi connectivity index (χ1) is 13.1. The molecule has 0 unspecified atom stereocenters. The van der Waals surface area contributed by atoms with Crippen LogP contribution in [0.1, 0.15) is 29.3 Å². The Morgan fingerprint density at radius 2 is 2.00 bits per heavy atom. The van der Waals surface area contributed by atoms with Gasteiger partial charge >= 0.3 is 0 Å². The van der Waals surface area contributed by atoms with Crippen LogP contribution in [-0.2, 0) is 16.1 Å². The molecule has 2 heterocycles. The van der Waals surface area contributed by atoms with Crippen LogP contribution in [-0.4, -0.2) is 35.7 Å². The highest BCUT2D eigenvalue weighted by Gasteiger charge is 2.35. The molecule has 1 aliphatic heterocycles. The average Bonchev–Trinajstić information content (AvgIpc) is 3.20. The van der Waals surface area contributed by atoms with Gasteiger partial charge in [0.2, 0.25) is 5.91 Å². The number of hydrogen-bond donors (Lipinski definition) is 0. The summed E-state index contributed by atoms with van der Waals surface area (Å²) in [4.78, 5) is 19.6. The van der Waals surface area contributed by atoms with Gasteiger partial charge in [0.25, 0.3) is 0 Å². The minimum Gasteiger partial charge on any atom is -0.383 e. The second-order valence-electron chi connectivity index (χ2n) is 7.30. The van der Waals surface area contributed by atoms with Crippen LogP contribution in [0.5, 0.6) is 0 Å². The van der Waals surface area contributed by atoms with Gasteiger partial charge in [-0.25, -0.2) is 4.98 Å². The van der Waals surface area contributed by atoms with E-state index in [0.717, 1.165) is 34.7 Å².